The van der Waals surface area contributed by atoms with Crippen LogP contribution in [0, 0.1) is 0 Å². The quantitative estimate of drug-likeness (QED) is 0.0205. The van der Waals surface area contributed by atoms with Gasteiger partial charge in [0.15, 0.2) is 0 Å². The van der Waals surface area contributed by atoms with Gasteiger partial charge in [0, 0.05) is 32.6 Å². The molecular formula is C37H58O15. The maximum absolute atomic E-state index is 10.7. The van der Waals surface area contributed by atoms with Crippen molar-refractivity contribution >= 4 is 47.4 Å². The van der Waals surface area contributed by atoms with Crippen molar-refractivity contribution in [1.29, 1.82) is 0 Å². The molecule has 52 heavy (non-hydrogen) atoms. The molecule has 0 aliphatic heterocycles. The van der Waals surface area contributed by atoms with Gasteiger partial charge in [0.2, 0.25) is 11.6 Å². The molecular weight excluding hydrogens is 684 g/mol. The number of rotatable bonds is 24. The Bertz CT molecular complexity index is 1150. The van der Waals surface area contributed by atoms with E-state index in [0.29, 0.717) is 12.8 Å². The highest BCUT2D eigenvalue weighted by atomic mass is 17.1. The maximum Gasteiger partial charge on any atom is 0.372 e. The number of hydrogen-bond donors (Lipinski definition) is 6. The van der Waals surface area contributed by atoms with E-state index in [1.165, 1.54) is 70.6 Å². The molecule has 0 saturated carbocycles. The zero-order valence-electron chi connectivity index (χ0n) is 30.5. The fourth-order valence-electron chi connectivity index (χ4n) is 3.70. The second kappa shape index (κ2) is 40.5. The van der Waals surface area contributed by atoms with Crippen molar-refractivity contribution in [3.63, 3.8) is 0 Å². The molecule has 15 nitrogen and oxygen atoms in total. The van der Waals surface area contributed by atoms with Crippen molar-refractivity contribution in [1.82, 2.24) is 0 Å². The van der Waals surface area contributed by atoms with E-state index in [0.717, 1.165) is 25.3 Å². The van der Waals surface area contributed by atoms with Crippen LogP contribution in [-0.4, -0.2) is 78.2 Å². The predicted molar refractivity (Wildman–Crippen MR) is 192 cm³/mol. The predicted octanol–water partition coefficient (Wildman–Crippen LogP) is 7.00. The molecule has 1 rings (SSSR count). The first kappa shape index (κ1) is 53.9. The Labute approximate surface area is 305 Å². The third-order valence-electron chi connectivity index (χ3n) is 6.44. The molecule has 0 aliphatic rings. The monoisotopic (exact) mass is 742 g/mol. The van der Waals surface area contributed by atoms with Crippen LogP contribution in [-0.2, 0) is 49.7 Å². The Hall–Kier alpha value is -4.92. The number of carbonyl (C=O) groups excluding carboxylic acids is 3. The molecule has 0 fully saturated rings. The van der Waals surface area contributed by atoms with E-state index in [-0.39, 0.29) is 12.8 Å². The van der Waals surface area contributed by atoms with Crippen LogP contribution in [0.1, 0.15) is 135 Å². The number of Topliss-reactive ketones (excluding diaryl/α,β-unsaturated/α-hetero) is 2. The van der Waals surface area contributed by atoms with Gasteiger partial charge in [0.25, 0.3) is 0 Å². The molecule has 0 spiro atoms. The Morgan fingerprint density at radius 1 is 0.577 bits per heavy atom. The molecule has 6 N–H and O–H groups in total. The number of ketones is 2. The minimum atomic E-state index is -1.58. The smallest absolute Gasteiger partial charge is 0.372 e. The third-order valence-corrected chi connectivity index (χ3v) is 6.44. The molecule has 15 heteroatoms. The first-order valence-corrected chi connectivity index (χ1v) is 17.2. The Morgan fingerprint density at radius 2 is 0.962 bits per heavy atom. The SMILES string of the molecule is C=CCCC(=O)O.CC(=O)OO.CCCCCCCCCCCCCCCC(=O)O.O=C(O)C(=O)Cc1ccccc1.O=C(O)CCC(=O)C(=O)O. The molecule has 0 atom stereocenters. The summed E-state index contributed by atoms with van der Waals surface area (Å²) in [4.78, 5) is 83.1. The van der Waals surface area contributed by atoms with Crippen molar-refractivity contribution in [2.75, 3.05) is 0 Å². The van der Waals surface area contributed by atoms with Gasteiger partial charge in [-0.15, -0.1) is 6.58 Å². The lowest BCUT2D eigenvalue weighted by Gasteiger charge is -2.02. The number of carboxylic acid groups (broad SMARTS) is 5. The summed E-state index contributed by atoms with van der Waals surface area (Å²) in [6.45, 7) is 6.74. The summed E-state index contributed by atoms with van der Waals surface area (Å²) < 4.78 is 0. The van der Waals surface area contributed by atoms with Gasteiger partial charge in [-0.3, -0.25) is 24.0 Å². The Balaban J connectivity index is -0.000000296. The third kappa shape index (κ3) is 51.9. The van der Waals surface area contributed by atoms with Crippen LogP contribution in [0.2, 0.25) is 0 Å². The molecule has 0 aliphatic carbocycles. The normalized spacial score (nSPS) is 9.29. The van der Waals surface area contributed by atoms with Crippen molar-refractivity contribution in [2.45, 2.75) is 136 Å². The van der Waals surface area contributed by atoms with Crippen LogP contribution < -0.4 is 0 Å². The van der Waals surface area contributed by atoms with Gasteiger partial charge >= 0.3 is 35.8 Å². The number of hydrogen-bond acceptors (Lipinski definition) is 10. The van der Waals surface area contributed by atoms with Gasteiger partial charge in [-0.2, -0.15) is 5.26 Å². The fourth-order valence-corrected chi connectivity index (χ4v) is 3.70. The van der Waals surface area contributed by atoms with Crippen LogP contribution in [0.3, 0.4) is 0 Å². The van der Waals surface area contributed by atoms with Gasteiger partial charge in [-0.25, -0.2) is 14.4 Å². The molecule has 0 unspecified atom stereocenters. The van der Waals surface area contributed by atoms with Crippen LogP contribution in [0.5, 0.6) is 0 Å². The fraction of sp³-hybridized carbons (Fsp3) is 0.568. The van der Waals surface area contributed by atoms with Gasteiger partial charge in [0.1, 0.15) is 0 Å². The van der Waals surface area contributed by atoms with E-state index >= 15 is 0 Å². The zero-order valence-corrected chi connectivity index (χ0v) is 30.5. The summed E-state index contributed by atoms with van der Waals surface area (Å²) in [5.41, 5.74) is 0.727. The van der Waals surface area contributed by atoms with Crippen molar-refractivity contribution < 1.29 is 74.0 Å². The number of benzene rings is 1. The van der Waals surface area contributed by atoms with Gasteiger partial charge in [-0.05, 0) is 18.4 Å². The van der Waals surface area contributed by atoms with Crippen LogP contribution in [0.15, 0.2) is 43.0 Å². The average molecular weight is 743 g/mol. The Morgan fingerprint density at radius 3 is 1.27 bits per heavy atom. The molecule has 296 valence electrons. The van der Waals surface area contributed by atoms with E-state index in [1.807, 2.05) is 6.07 Å². The standard InChI is InChI=1S/C16H32O2.C9H8O3.C5H6O5.C5H8O2.C2H4O3/c1-2-3-4-5-6-7-8-9-10-11-12-13-14-15-16(17)18;10-8(9(11)12)6-7-4-2-1-3-5-7;6-3(5(9)10)1-2-4(7)8;1-2-3-4-5(6)7;1-2(3)5-4/h2-15H2,1H3,(H,17,18);1-5H,6H2,(H,11,12);1-2H2,(H,7,8)(H,9,10);2H,1,3-4H2,(H,6,7);4H,1H3. The van der Waals surface area contributed by atoms with Crippen molar-refractivity contribution in [3.8, 4) is 0 Å². The molecule has 0 amide bonds. The average Bonchev–Trinajstić information content (AvgIpc) is 3.09. The summed E-state index contributed by atoms with van der Waals surface area (Å²) in [7, 11) is 0. The summed E-state index contributed by atoms with van der Waals surface area (Å²) in [6, 6.07) is 8.80. The summed E-state index contributed by atoms with van der Waals surface area (Å²) in [6.07, 6.45) is 18.7. The molecule has 0 aromatic heterocycles. The van der Waals surface area contributed by atoms with Crippen molar-refractivity contribution in [3.05, 3.63) is 48.6 Å². The molecule has 0 heterocycles. The minimum absolute atomic E-state index is 0.0316. The minimum Gasteiger partial charge on any atom is -0.481 e. The summed E-state index contributed by atoms with van der Waals surface area (Å²) in [5.74, 6) is -8.08. The van der Waals surface area contributed by atoms with E-state index < -0.39 is 60.2 Å². The maximum atomic E-state index is 10.7. The number of carboxylic acids is 5. The highest BCUT2D eigenvalue weighted by Crippen LogP contribution is 2.12. The van der Waals surface area contributed by atoms with E-state index in [9.17, 15) is 38.4 Å². The molecule has 1 aromatic rings. The number of carbonyl (C=O) groups is 8. The van der Waals surface area contributed by atoms with Crippen LogP contribution in [0.4, 0.5) is 0 Å². The number of unbranched alkanes of at least 4 members (excludes halogenated alkanes) is 12. The van der Waals surface area contributed by atoms with Gasteiger partial charge < -0.3 is 30.4 Å². The lowest BCUT2D eigenvalue weighted by Crippen LogP contribution is -2.14. The second-order valence-electron chi connectivity index (χ2n) is 11.2. The Kier molecular flexibility index (Phi) is 42.0. The lowest BCUT2D eigenvalue weighted by atomic mass is 10.0. The zero-order chi connectivity index (χ0) is 40.6. The first-order valence-electron chi connectivity index (χ1n) is 17.2. The van der Waals surface area contributed by atoms with Crippen molar-refractivity contribution in [2.24, 2.45) is 0 Å². The second-order valence-corrected chi connectivity index (χ2v) is 11.2. The molecule has 0 bridgehead atoms. The van der Waals surface area contributed by atoms with Crippen LogP contribution >= 0.6 is 0 Å². The number of aliphatic carboxylic acids is 5. The van der Waals surface area contributed by atoms with Gasteiger partial charge in [0.05, 0.1) is 6.42 Å². The summed E-state index contributed by atoms with van der Waals surface area (Å²) >= 11 is 0. The lowest BCUT2D eigenvalue weighted by molar-refractivity contribution is -0.231. The number of allylic oxidation sites excluding steroid dienone is 1. The molecule has 0 radical (unpaired) electrons. The summed E-state index contributed by atoms with van der Waals surface area (Å²) in [5, 5.41) is 48.0. The van der Waals surface area contributed by atoms with Crippen LogP contribution in [0.25, 0.3) is 0 Å². The first-order chi connectivity index (χ1) is 24.5. The van der Waals surface area contributed by atoms with Gasteiger partial charge in [-0.1, -0.05) is 120 Å². The van der Waals surface area contributed by atoms with E-state index in [2.05, 4.69) is 18.4 Å². The highest BCUT2D eigenvalue weighted by molar-refractivity contribution is 6.33. The molecule has 1 aromatic carbocycles. The highest BCUT2D eigenvalue weighted by Gasteiger charge is 2.12. The van der Waals surface area contributed by atoms with E-state index in [1.54, 1.807) is 30.3 Å². The largest absolute Gasteiger partial charge is 0.481 e. The topological polar surface area (TPSA) is 267 Å². The van der Waals surface area contributed by atoms with E-state index in [4.69, 9.17) is 30.8 Å². The molecule has 0 saturated heterocycles.